The molecule has 0 radical (unpaired) electrons. The third-order valence-corrected chi connectivity index (χ3v) is 1.61. The molecule has 0 bridgehead atoms. The summed E-state index contributed by atoms with van der Waals surface area (Å²) < 4.78 is 35.2. The number of halogens is 3. The molecular weight excluding hydrogens is 185 g/mol. The standard InChI is InChI=1S/C7H9F3N2O/c8-7(9,10)2-1-6(13)5-3-11-12-4-5/h3-4,6,13H,1-2H2,(H,11,12). The lowest BCUT2D eigenvalue weighted by Crippen LogP contribution is -2.09. The molecule has 0 spiro atoms. The maximum atomic E-state index is 11.7. The molecule has 1 aromatic heterocycles. The Hall–Kier alpha value is -1.04. The fourth-order valence-electron chi connectivity index (χ4n) is 0.910. The number of aromatic nitrogens is 2. The highest BCUT2D eigenvalue weighted by Gasteiger charge is 2.28. The van der Waals surface area contributed by atoms with Crippen molar-refractivity contribution in [1.82, 2.24) is 10.2 Å². The van der Waals surface area contributed by atoms with Gasteiger partial charge in [0.1, 0.15) is 0 Å². The van der Waals surface area contributed by atoms with E-state index in [-0.39, 0.29) is 6.42 Å². The predicted octanol–water partition coefficient (Wildman–Crippen LogP) is 1.79. The summed E-state index contributed by atoms with van der Waals surface area (Å²) >= 11 is 0. The highest BCUT2D eigenvalue weighted by molar-refractivity contribution is 5.06. The maximum Gasteiger partial charge on any atom is 0.389 e. The molecule has 0 amide bonds. The highest BCUT2D eigenvalue weighted by atomic mass is 19.4. The summed E-state index contributed by atoms with van der Waals surface area (Å²) in [5.74, 6) is 0. The van der Waals surface area contributed by atoms with Crippen LogP contribution >= 0.6 is 0 Å². The number of hydrogen-bond donors (Lipinski definition) is 2. The molecule has 6 heteroatoms. The van der Waals surface area contributed by atoms with Gasteiger partial charge in [-0.15, -0.1) is 0 Å². The van der Waals surface area contributed by atoms with Crippen LogP contribution in [0.2, 0.25) is 0 Å². The van der Waals surface area contributed by atoms with E-state index in [9.17, 15) is 18.3 Å². The lowest BCUT2D eigenvalue weighted by atomic mass is 10.1. The van der Waals surface area contributed by atoms with Crippen molar-refractivity contribution < 1.29 is 18.3 Å². The van der Waals surface area contributed by atoms with Crippen molar-refractivity contribution in [1.29, 1.82) is 0 Å². The van der Waals surface area contributed by atoms with E-state index in [0.29, 0.717) is 5.56 Å². The summed E-state index contributed by atoms with van der Waals surface area (Å²) in [4.78, 5) is 0. The van der Waals surface area contributed by atoms with Gasteiger partial charge in [0.05, 0.1) is 12.3 Å². The van der Waals surface area contributed by atoms with Gasteiger partial charge in [-0.25, -0.2) is 0 Å². The van der Waals surface area contributed by atoms with E-state index in [2.05, 4.69) is 10.2 Å². The Morgan fingerprint density at radius 3 is 2.69 bits per heavy atom. The van der Waals surface area contributed by atoms with Crippen LogP contribution in [-0.2, 0) is 0 Å². The zero-order valence-electron chi connectivity index (χ0n) is 6.67. The Labute approximate surface area is 72.6 Å². The molecule has 0 aliphatic heterocycles. The van der Waals surface area contributed by atoms with Crippen molar-refractivity contribution in [2.24, 2.45) is 0 Å². The largest absolute Gasteiger partial charge is 0.389 e. The number of nitrogens with zero attached hydrogens (tertiary/aromatic N) is 1. The summed E-state index contributed by atoms with van der Waals surface area (Å²) in [6.07, 6.45) is -3.95. The second kappa shape index (κ2) is 3.78. The Kier molecular flexibility index (Phi) is 2.92. The molecule has 1 rings (SSSR count). The number of nitrogens with one attached hydrogen (secondary N) is 1. The topological polar surface area (TPSA) is 48.9 Å². The molecule has 13 heavy (non-hydrogen) atoms. The minimum absolute atomic E-state index is 0.330. The number of alkyl halides is 3. The Bertz CT molecular complexity index is 245. The number of aliphatic hydroxyl groups excluding tert-OH is 1. The average molecular weight is 194 g/mol. The molecule has 0 aliphatic rings. The summed E-state index contributed by atoms with van der Waals surface area (Å²) in [5.41, 5.74) is 0.379. The number of H-pyrrole nitrogens is 1. The van der Waals surface area contributed by atoms with E-state index >= 15 is 0 Å². The van der Waals surface area contributed by atoms with Crippen molar-refractivity contribution in [2.45, 2.75) is 25.1 Å². The van der Waals surface area contributed by atoms with Gasteiger partial charge in [0.15, 0.2) is 0 Å². The van der Waals surface area contributed by atoms with Gasteiger partial charge in [0.25, 0.3) is 0 Å². The van der Waals surface area contributed by atoms with Crippen molar-refractivity contribution in [3.8, 4) is 0 Å². The van der Waals surface area contributed by atoms with Gasteiger partial charge in [-0.05, 0) is 6.42 Å². The van der Waals surface area contributed by atoms with Crippen LogP contribution in [0.3, 0.4) is 0 Å². The molecule has 1 atom stereocenters. The SMILES string of the molecule is OC(CCC(F)(F)F)c1cn[nH]c1. The maximum absolute atomic E-state index is 11.7. The molecule has 2 N–H and O–H groups in total. The van der Waals surface area contributed by atoms with E-state index in [1.54, 1.807) is 0 Å². The molecular formula is C7H9F3N2O. The van der Waals surface area contributed by atoms with Gasteiger partial charge < -0.3 is 5.11 Å². The zero-order valence-corrected chi connectivity index (χ0v) is 6.67. The van der Waals surface area contributed by atoms with Crippen LogP contribution < -0.4 is 0 Å². The second-order valence-electron chi connectivity index (χ2n) is 2.70. The first-order chi connectivity index (χ1) is 5.99. The van der Waals surface area contributed by atoms with Crippen molar-refractivity contribution in [3.63, 3.8) is 0 Å². The summed E-state index contributed by atoms with van der Waals surface area (Å²) in [5, 5.41) is 15.2. The van der Waals surface area contributed by atoms with Crippen LogP contribution in [0.5, 0.6) is 0 Å². The summed E-state index contributed by atoms with van der Waals surface area (Å²) in [7, 11) is 0. The van der Waals surface area contributed by atoms with Gasteiger partial charge >= 0.3 is 6.18 Å². The summed E-state index contributed by atoms with van der Waals surface area (Å²) in [6, 6.07) is 0. The smallest absolute Gasteiger partial charge is 0.388 e. The van der Waals surface area contributed by atoms with Gasteiger partial charge in [-0.2, -0.15) is 18.3 Å². The lowest BCUT2D eigenvalue weighted by molar-refractivity contribution is -0.140. The molecule has 1 aromatic rings. The van der Waals surface area contributed by atoms with Gasteiger partial charge in [0.2, 0.25) is 0 Å². The van der Waals surface area contributed by atoms with Crippen molar-refractivity contribution in [3.05, 3.63) is 18.0 Å². The first-order valence-corrected chi connectivity index (χ1v) is 3.72. The Morgan fingerprint density at radius 2 is 2.23 bits per heavy atom. The fourth-order valence-corrected chi connectivity index (χ4v) is 0.910. The second-order valence-corrected chi connectivity index (χ2v) is 2.70. The minimum atomic E-state index is -4.22. The first kappa shape index (κ1) is 10.0. The van der Waals surface area contributed by atoms with Gasteiger partial charge in [0, 0.05) is 18.2 Å². The van der Waals surface area contributed by atoms with Gasteiger partial charge in [-0.3, -0.25) is 5.10 Å². The molecule has 1 unspecified atom stereocenters. The molecule has 0 fully saturated rings. The van der Waals surface area contributed by atoms with Crippen LogP contribution in [0.15, 0.2) is 12.4 Å². The molecule has 0 aromatic carbocycles. The van der Waals surface area contributed by atoms with Crippen molar-refractivity contribution in [2.75, 3.05) is 0 Å². The third-order valence-electron chi connectivity index (χ3n) is 1.61. The molecule has 3 nitrogen and oxygen atoms in total. The van der Waals surface area contributed by atoms with Crippen LogP contribution in [0.1, 0.15) is 24.5 Å². The zero-order chi connectivity index (χ0) is 9.90. The lowest BCUT2D eigenvalue weighted by Gasteiger charge is -2.09. The number of aromatic amines is 1. The van der Waals surface area contributed by atoms with Crippen molar-refractivity contribution >= 4 is 0 Å². The average Bonchev–Trinajstić information content (AvgIpc) is 2.50. The highest BCUT2D eigenvalue weighted by Crippen LogP contribution is 2.26. The van der Waals surface area contributed by atoms with E-state index in [4.69, 9.17) is 0 Å². The van der Waals surface area contributed by atoms with Crippen LogP contribution in [0.25, 0.3) is 0 Å². The van der Waals surface area contributed by atoms with Gasteiger partial charge in [-0.1, -0.05) is 0 Å². The summed E-state index contributed by atoms with van der Waals surface area (Å²) in [6.45, 7) is 0. The van der Waals surface area contributed by atoms with E-state index in [1.807, 2.05) is 0 Å². The first-order valence-electron chi connectivity index (χ1n) is 3.72. The monoisotopic (exact) mass is 194 g/mol. The molecule has 0 saturated carbocycles. The van der Waals surface area contributed by atoms with Crippen LogP contribution in [0.4, 0.5) is 13.2 Å². The third kappa shape index (κ3) is 3.45. The van der Waals surface area contributed by atoms with E-state index < -0.39 is 18.7 Å². The quantitative estimate of drug-likeness (QED) is 0.770. The number of aliphatic hydroxyl groups is 1. The van der Waals surface area contributed by atoms with E-state index in [1.165, 1.54) is 12.4 Å². The minimum Gasteiger partial charge on any atom is -0.388 e. The molecule has 74 valence electrons. The van der Waals surface area contributed by atoms with Crippen LogP contribution in [0, 0.1) is 0 Å². The predicted molar refractivity (Wildman–Crippen MR) is 38.8 cm³/mol. The molecule has 0 aliphatic carbocycles. The fraction of sp³-hybridized carbons (Fsp3) is 0.571. The molecule has 0 saturated heterocycles. The number of hydrogen-bond acceptors (Lipinski definition) is 2. The Morgan fingerprint density at radius 1 is 1.54 bits per heavy atom. The number of rotatable bonds is 3. The van der Waals surface area contributed by atoms with Crippen LogP contribution in [-0.4, -0.2) is 21.5 Å². The van der Waals surface area contributed by atoms with E-state index in [0.717, 1.165) is 0 Å². The Balaban J connectivity index is 2.39. The normalized spacial score (nSPS) is 14.5. The molecule has 1 heterocycles.